The molecule has 0 spiro atoms. The van der Waals surface area contributed by atoms with E-state index in [1.807, 2.05) is 19.9 Å². The van der Waals surface area contributed by atoms with Gasteiger partial charge in [0.2, 0.25) is 0 Å². The van der Waals surface area contributed by atoms with E-state index in [0.29, 0.717) is 13.2 Å². The SMILES string of the molecule is CCNc1cc(COC)nc(C(CC)OCC)n1. The molecule has 1 atom stereocenters. The number of anilines is 1. The van der Waals surface area contributed by atoms with Crippen LogP contribution in [-0.2, 0) is 16.1 Å². The van der Waals surface area contributed by atoms with Gasteiger partial charge in [0.05, 0.1) is 12.3 Å². The third-order valence-electron chi connectivity index (χ3n) is 2.47. The normalized spacial score (nSPS) is 12.4. The molecule has 0 aliphatic heterocycles. The quantitative estimate of drug-likeness (QED) is 0.771. The fraction of sp³-hybridized carbons (Fsp3) is 0.692. The summed E-state index contributed by atoms with van der Waals surface area (Å²) in [5.74, 6) is 1.55. The molecule has 0 amide bonds. The Hall–Kier alpha value is -1.20. The summed E-state index contributed by atoms with van der Waals surface area (Å²) in [5.41, 5.74) is 0.872. The van der Waals surface area contributed by atoms with Crippen molar-refractivity contribution in [3.05, 3.63) is 17.6 Å². The van der Waals surface area contributed by atoms with Crippen LogP contribution in [0.15, 0.2) is 6.07 Å². The van der Waals surface area contributed by atoms with Crippen molar-refractivity contribution in [3.8, 4) is 0 Å². The molecular weight excluding hydrogens is 230 g/mol. The standard InChI is InChI=1S/C13H23N3O2/c1-5-11(18-7-3)13-15-10(9-17-4)8-12(16-13)14-6-2/h8,11H,5-7,9H2,1-4H3,(H,14,15,16). The van der Waals surface area contributed by atoms with Crippen LogP contribution >= 0.6 is 0 Å². The first-order valence-corrected chi connectivity index (χ1v) is 6.47. The number of nitrogens with zero attached hydrogens (tertiary/aromatic N) is 2. The van der Waals surface area contributed by atoms with Crippen molar-refractivity contribution in [2.75, 3.05) is 25.6 Å². The highest BCUT2D eigenvalue weighted by atomic mass is 16.5. The van der Waals surface area contributed by atoms with Crippen LogP contribution in [0.4, 0.5) is 5.82 Å². The summed E-state index contributed by atoms with van der Waals surface area (Å²) in [5, 5.41) is 3.21. The zero-order chi connectivity index (χ0) is 13.4. The first-order valence-electron chi connectivity index (χ1n) is 6.47. The van der Waals surface area contributed by atoms with E-state index in [4.69, 9.17) is 9.47 Å². The molecule has 0 aliphatic carbocycles. The summed E-state index contributed by atoms with van der Waals surface area (Å²) in [6.45, 7) is 8.06. The number of hydrogen-bond acceptors (Lipinski definition) is 5. The topological polar surface area (TPSA) is 56.3 Å². The first-order chi connectivity index (χ1) is 8.74. The van der Waals surface area contributed by atoms with Crippen molar-refractivity contribution >= 4 is 5.82 Å². The third kappa shape index (κ3) is 4.23. The van der Waals surface area contributed by atoms with Crippen LogP contribution in [0.2, 0.25) is 0 Å². The fourth-order valence-electron chi connectivity index (χ4n) is 1.73. The van der Waals surface area contributed by atoms with Crippen molar-refractivity contribution in [3.63, 3.8) is 0 Å². The van der Waals surface area contributed by atoms with E-state index in [1.165, 1.54) is 0 Å². The average Bonchev–Trinajstić information content (AvgIpc) is 2.36. The maximum atomic E-state index is 5.65. The van der Waals surface area contributed by atoms with Crippen molar-refractivity contribution in [1.29, 1.82) is 0 Å². The predicted molar refractivity (Wildman–Crippen MR) is 71.6 cm³/mol. The van der Waals surface area contributed by atoms with Gasteiger partial charge in [0.25, 0.3) is 0 Å². The lowest BCUT2D eigenvalue weighted by atomic mass is 10.2. The van der Waals surface area contributed by atoms with E-state index in [-0.39, 0.29) is 6.10 Å². The molecule has 0 fully saturated rings. The summed E-state index contributed by atoms with van der Waals surface area (Å²) in [6, 6.07) is 1.91. The highest BCUT2D eigenvalue weighted by molar-refractivity contribution is 5.36. The summed E-state index contributed by atoms with van der Waals surface area (Å²) < 4.78 is 10.8. The van der Waals surface area contributed by atoms with Crippen LogP contribution in [0.1, 0.15) is 44.8 Å². The molecule has 1 aromatic rings. The van der Waals surface area contributed by atoms with Crippen molar-refractivity contribution in [1.82, 2.24) is 9.97 Å². The summed E-state index contributed by atoms with van der Waals surface area (Å²) in [4.78, 5) is 8.99. The predicted octanol–water partition coefficient (Wildman–Crippen LogP) is 2.54. The van der Waals surface area contributed by atoms with E-state index in [9.17, 15) is 0 Å². The zero-order valence-electron chi connectivity index (χ0n) is 11.7. The monoisotopic (exact) mass is 253 g/mol. The molecule has 1 heterocycles. The lowest BCUT2D eigenvalue weighted by Gasteiger charge is -2.16. The van der Waals surface area contributed by atoms with E-state index < -0.39 is 0 Å². The maximum absolute atomic E-state index is 5.65. The third-order valence-corrected chi connectivity index (χ3v) is 2.47. The Kier molecular flexibility index (Phi) is 6.60. The Morgan fingerprint density at radius 3 is 2.61 bits per heavy atom. The highest BCUT2D eigenvalue weighted by Gasteiger charge is 2.14. The minimum atomic E-state index is -0.0517. The molecule has 0 aromatic carbocycles. The van der Waals surface area contributed by atoms with Gasteiger partial charge in [0, 0.05) is 26.3 Å². The van der Waals surface area contributed by atoms with Crippen LogP contribution in [-0.4, -0.2) is 30.2 Å². The van der Waals surface area contributed by atoms with Crippen LogP contribution in [0.25, 0.3) is 0 Å². The molecule has 0 bridgehead atoms. The van der Waals surface area contributed by atoms with Gasteiger partial charge >= 0.3 is 0 Å². The van der Waals surface area contributed by atoms with E-state index in [2.05, 4.69) is 22.2 Å². The van der Waals surface area contributed by atoms with Crippen LogP contribution in [0.5, 0.6) is 0 Å². The van der Waals surface area contributed by atoms with Gasteiger partial charge in [0.15, 0.2) is 5.82 Å². The van der Waals surface area contributed by atoms with Gasteiger partial charge in [-0.2, -0.15) is 0 Å². The summed E-state index contributed by atoms with van der Waals surface area (Å²) in [7, 11) is 1.66. The highest BCUT2D eigenvalue weighted by Crippen LogP contribution is 2.19. The molecule has 0 radical (unpaired) electrons. The van der Waals surface area contributed by atoms with E-state index >= 15 is 0 Å². The molecule has 1 N–H and O–H groups in total. The van der Waals surface area contributed by atoms with Gasteiger partial charge in [-0.05, 0) is 20.3 Å². The molecule has 18 heavy (non-hydrogen) atoms. The maximum Gasteiger partial charge on any atom is 0.159 e. The Balaban J connectivity index is 2.99. The molecule has 1 rings (SSSR count). The largest absolute Gasteiger partial charge is 0.378 e. The average molecular weight is 253 g/mol. The van der Waals surface area contributed by atoms with Crippen LogP contribution < -0.4 is 5.32 Å². The number of nitrogens with one attached hydrogen (secondary N) is 1. The number of ether oxygens (including phenoxy) is 2. The minimum Gasteiger partial charge on any atom is -0.378 e. The molecule has 0 saturated heterocycles. The van der Waals surface area contributed by atoms with Gasteiger partial charge in [-0.25, -0.2) is 9.97 Å². The molecule has 5 heteroatoms. The Morgan fingerprint density at radius 1 is 1.28 bits per heavy atom. The van der Waals surface area contributed by atoms with Gasteiger partial charge < -0.3 is 14.8 Å². The number of rotatable bonds is 8. The molecule has 102 valence electrons. The van der Waals surface area contributed by atoms with E-state index in [0.717, 1.165) is 30.3 Å². The lowest BCUT2D eigenvalue weighted by molar-refractivity contribution is 0.0530. The molecule has 0 saturated carbocycles. The fourth-order valence-corrected chi connectivity index (χ4v) is 1.73. The smallest absolute Gasteiger partial charge is 0.159 e. The molecule has 5 nitrogen and oxygen atoms in total. The van der Waals surface area contributed by atoms with Gasteiger partial charge in [0.1, 0.15) is 11.9 Å². The number of hydrogen-bond donors (Lipinski definition) is 1. The van der Waals surface area contributed by atoms with Crippen molar-refractivity contribution in [2.24, 2.45) is 0 Å². The molecular formula is C13H23N3O2. The molecule has 1 aromatic heterocycles. The van der Waals surface area contributed by atoms with Gasteiger partial charge in [-0.3, -0.25) is 0 Å². The number of aromatic nitrogens is 2. The second-order valence-electron chi connectivity index (χ2n) is 3.92. The van der Waals surface area contributed by atoms with Gasteiger partial charge in [-0.1, -0.05) is 6.92 Å². The van der Waals surface area contributed by atoms with Crippen LogP contribution in [0, 0.1) is 0 Å². The Labute approximate surface area is 109 Å². The molecule has 0 aliphatic rings. The minimum absolute atomic E-state index is 0.0517. The summed E-state index contributed by atoms with van der Waals surface area (Å²) in [6.07, 6.45) is 0.805. The number of methoxy groups -OCH3 is 1. The van der Waals surface area contributed by atoms with Crippen molar-refractivity contribution < 1.29 is 9.47 Å². The van der Waals surface area contributed by atoms with Crippen LogP contribution in [0.3, 0.4) is 0 Å². The summed E-state index contributed by atoms with van der Waals surface area (Å²) >= 11 is 0. The molecule has 1 unspecified atom stereocenters. The second-order valence-corrected chi connectivity index (χ2v) is 3.92. The Morgan fingerprint density at radius 2 is 2.06 bits per heavy atom. The lowest BCUT2D eigenvalue weighted by Crippen LogP contribution is -2.12. The van der Waals surface area contributed by atoms with E-state index in [1.54, 1.807) is 7.11 Å². The zero-order valence-corrected chi connectivity index (χ0v) is 11.7. The van der Waals surface area contributed by atoms with Gasteiger partial charge in [-0.15, -0.1) is 0 Å². The van der Waals surface area contributed by atoms with Crippen molar-refractivity contribution in [2.45, 2.75) is 39.9 Å². The Bertz CT molecular complexity index is 334. The first kappa shape index (κ1) is 14.9. The second kappa shape index (κ2) is 8.00.